The van der Waals surface area contributed by atoms with Crippen LogP contribution < -0.4 is 10.1 Å². The number of hydrogen-bond acceptors (Lipinski definition) is 4. The zero-order valence-corrected chi connectivity index (χ0v) is 13.5. The number of nitrogens with zero attached hydrogens (tertiary/aromatic N) is 1. The van der Waals surface area contributed by atoms with E-state index in [0.717, 1.165) is 6.42 Å². The molecule has 1 aromatic heterocycles. The van der Waals surface area contributed by atoms with Gasteiger partial charge in [0, 0.05) is 11.9 Å². The first kappa shape index (κ1) is 17.5. The van der Waals surface area contributed by atoms with E-state index in [9.17, 15) is 14.7 Å². The number of ether oxygens (including phenoxy) is 1. The lowest BCUT2D eigenvalue weighted by Gasteiger charge is -2.14. The van der Waals surface area contributed by atoms with Crippen LogP contribution in [0.15, 0.2) is 36.9 Å². The summed E-state index contributed by atoms with van der Waals surface area (Å²) in [6.07, 6.45) is 2.63. The van der Waals surface area contributed by atoms with Crippen LogP contribution in [0.25, 0.3) is 10.9 Å². The number of aromatic nitrogens is 1. The van der Waals surface area contributed by atoms with Gasteiger partial charge < -0.3 is 15.2 Å². The Kier molecular flexibility index (Phi) is 5.89. The molecule has 0 saturated carbocycles. The Morgan fingerprint density at radius 2 is 2.08 bits per heavy atom. The van der Waals surface area contributed by atoms with Crippen molar-refractivity contribution in [2.75, 3.05) is 13.2 Å². The van der Waals surface area contributed by atoms with Gasteiger partial charge in [-0.25, -0.2) is 9.78 Å². The minimum absolute atomic E-state index is 0.137. The summed E-state index contributed by atoms with van der Waals surface area (Å²) in [5, 5.41) is 12.8. The highest BCUT2D eigenvalue weighted by molar-refractivity contribution is 6.05. The van der Waals surface area contributed by atoms with Crippen molar-refractivity contribution in [2.24, 2.45) is 0 Å². The first-order valence-corrected chi connectivity index (χ1v) is 7.70. The average molecular weight is 328 g/mol. The van der Waals surface area contributed by atoms with Gasteiger partial charge in [-0.3, -0.25) is 4.79 Å². The van der Waals surface area contributed by atoms with Crippen LogP contribution >= 0.6 is 0 Å². The topological polar surface area (TPSA) is 88.5 Å². The van der Waals surface area contributed by atoms with Gasteiger partial charge in [0.05, 0.1) is 17.8 Å². The molecular weight excluding hydrogens is 308 g/mol. The third-order valence-corrected chi connectivity index (χ3v) is 3.53. The van der Waals surface area contributed by atoms with Crippen LogP contribution in [0.1, 0.15) is 28.9 Å². The first-order chi connectivity index (χ1) is 11.5. The summed E-state index contributed by atoms with van der Waals surface area (Å²) in [6.45, 7) is 5.99. The van der Waals surface area contributed by atoms with Gasteiger partial charge in [-0.2, -0.15) is 0 Å². The number of carboxylic acids is 1. The third kappa shape index (κ3) is 4.10. The molecule has 0 unspecified atom stereocenters. The predicted octanol–water partition coefficient (Wildman–Crippen LogP) is 2.70. The maximum Gasteiger partial charge on any atom is 0.340 e. The van der Waals surface area contributed by atoms with Crippen molar-refractivity contribution in [3.63, 3.8) is 0 Å². The number of aromatic carboxylic acids is 1. The Balaban J connectivity index is 2.07. The SMILES string of the molecule is C=CC(=O)NCCCCOc1c(C)nc2ccccc2c1C(=O)O. The number of amides is 1. The lowest BCUT2D eigenvalue weighted by atomic mass is 10.1. The molecule has 0 bridgehead atoms. The molecule has 0 saturated heterocycles. The highest BCUT2D eigenvalue weighted by atomic mass is 16.5. The summed E-state index contributed by atoms with van der Waals surface area (Å²) in [5.74, 6) is -0.945. The number of hydrogen-bond donors (Lipinski definition) is 2. The van der Waals surface area contributed by atoms with E-state index in [1.54, 1.807) is 25.1 Å². The molecule has 1 amide bonds. The molecule has 6 heteroatoms. The van der Waals surface area contributed by atoms with Gasteiger partial charge >= 0.3 is 5.97 Å². The molecular formula is C18H20N2O4. The first-order valence-electron chi connectivity index (χ1n) is 7.70. The largest absolute Gasteiger partial charge is 0.491 e. The van der Waals surface area contributed by atoms with Crippen molar-refractivity contribution in [3.05, 3.63) is 48.2 Å². The van der Waals surface area contributed by atoms with Crippen molar-refractivity contribution in [3.8, 4) is 5.75 Å². The fraction of sp³-hybridized carbons (Fsp3) is 0.278. The molecule has 0 fully saturated rings. The maximum absolute atomic E-state index is 11.7. The number of carboxylic acid groups (broad SMARTS) is 1. The molecule has 0 radical (unpaired) electrons. The number of para-hydroxylation sites is 1. The molecule has 2 rings (SSSR count). The van der Waals surface area contributed by atoms with Gasteiger partial charge in [0.2, 0.25) is 5.91 Å². The number of unbranched alkanes of at least 4 members (excludes halogenated alkanes) is 1. The molecule has 0 aliphatic heterocycles. The number of carbonyl (C=O) groups is 2. The van der Waals surface area contributed by atoms with Crippen molar-refractivity contribution < 1.29 is 19.4 Å². The molecule has 24 heavy (non-hydrogen) atoms. The molecule has 6 nitrogen and oxygen atoms in total. The van der Waals surface area contributed by atoms with Gasteiger partial charge in [-0.1, -0.05) is 24.8 Å². The third-order valence-electron chi connectivity index (χ3n) is 3.53. The van der Waals surface area contributed by atoms with Crippen LogP contribution in [0, 0.1) is 6.92 Å². The Morgan fingerprint density at radius 3 is 2.79 bits per heavy atom. The number of nitrogens with one attached hydrogen (secondary N) is 1. The number of carbonyl (C=O) groups excluding carboxylic acids is 1. The number of rotatable bonds is 8. The Labute approximate surface area is 140 Å². The van der Waals surface area contributed by atoms with E-state index in [1.165, 1.54) is 6.08 Å². The second-order valence-electron chi connectivity index (χ2n) is 5.27. The van der Waals surface area contributed by atoms with Crippen molar-refractivity contribution in [2.45, 2.75) is 19.8 Å². The maximum atomic E-state index is 11.7. The van der Waals surface area contributed by atoms with E-state index < -0.39 is 5.97 Å². The molecule has 1 aromatic carbocycles. The second-order valence-corrected chi connectivity index (χ2v) is 5.27. The normalized spacial score (nSPS) is 10.4. The highest BCUT2D eigenvalue weighted by Gasteiger charge is 2.19. The summed E-state index contributed by atoms with van der Waals surface area (Å²) in [7, 11) is 0. The quantitative estimate of drug-likeness (QED) is 0.574. The Morgan fingerprint density at radius 1 is 1.33 bits per heavy atom. The van der Waals surface area contributed by atoms with Crippen molar-refractivity contribution in [1.29, 1.82) is 0 Å². The molecule has 0 spiro atoms. The number of pyridine rings is 1. The number of benzene rings is 1. The average Bonchev–Trinajstić information content (AvgIpc) is 2.57. The van der Waals surface area contributed by atoms with E-state index >= 15 is 0 Å². The van der Waals surface area contributed by atoms with Gasteiger partial charge in [-0.05, 0) is 31.9 Å². The van der Waals surface area contributed by atoms with Gasteiger partial charge in [0.25, 0.3) is 0 Å². The lowest BCUT2D eigenvalue weighted by molar-refractivity contribution is -0.116. The van der Waals surface area contributed by atoms with Crippen LogP contribution in [0.3, 0.4) is 0 Å². The summed E-state index contributed by atoms with van der Waals surface area (Å²) < 4.78 is 5.69. The second kappa shape index (κ2) is 8.10. The van der Waals surface area contributed by atoms with Gasteiger partial charge in [0.1, 0.15) is 5.56 Å². The van der Waals surface area contributed by atoms with Crippen LogP contribution in [0.4, 0.5) is 0 Å². The van der Waals surface area contributed by atoms with Crippen LogP contribution in [0.2, 0.25) is 0 Å². The van der Waals surface area contributed by atoms with Gasteiger partial charge in [-0.15, -0.1) is 0 Å². The molecule has 0 atom stereocenters. The molecule has 2 N–H and O–H groups in total. The number of fused-ring (bicyclic) bond motifs is 1. The monoisotopic (exact) mass is 328 g/mol. The van der Waals surface area contributed by atoms with E-state index in [4.69, 9.17) is 4.74 Å². The fourth-order valence-corrected chi connectivity index (χ4v) is 2.39. The zero-order chi connectivity index (χ0) is 17.5. The van der Waals surface area contributed by atoms with Gasteiger partial charge in [0.15, 0.2) is 5.75 Å². The van der Waals surface area contributed by atoms with E-state index in [0.29, 0.717) is 41.9 Å². The Bertz CT molecular complexity index is 771. The molecule has 126 valence electrons. The lowest BCUT2D eigenvalue weighted by Crippen LogP contribution is -2.22. The molecule has 0 aliphatic carbocycles. The summed E-state index contributed by atoms with van der Waals surface area (Å²) in [4.78, 5) is 27.1. The molecule has 0 aliphatic rings. The zero-order valence-electron chi connectivity index (χ0n) is 13.5. The minimum Gasteiger partial charge on any atom is -0.491 e. The Hall–Kier alpha value is -2.89. The van der Waals surface area contributed by atoms with E-state index in [2.05, 4.69) is 16.9 Å². The molecule has 1 heterocycles. The number of aryl methyl sites for hydroxylation is 1. The predicted molar refractivity (Wildman–Crippen MR) is 91.4 cm³/mol. The van der Waals surface area contributed by atoms with Crippen LogP contribution in [0.5, 0.6) is 5.75 Å². The fourth-order valence-electron chi connectivity index (χ4n) is 2.39. The van der Waals surface area contributed by atoms with Crippen molar-refractivity contribution >= 4 is 22.8 Å². The van der Waals surface area contributed by atoms with Crippen LogP contribution in [-0.2, 0) is 4.79 Å². The van der Waals surface area contributed by atoms with Crippen LogP contribution in [-0.4, -0.2) is 35.1 Å². The minimum atomic E-state index is -1.04. The van der Waals surface area contributed by atoms with Crippen molar-refractivity contribution in [1.82, 2.24) is 10.3 Å². The summed E-state index contributed by atoms with van der Waals surface area (Å²) in [5.41, 5.74) is 1.32. The smallest absolute Gasteiger partial charge is 0.340 e. The summed E-state index contributed by atoms with van der Waals surface area (Å²) >= 11 is 0. The van der Waals surface area contributed by atoms with E-state index in [-0.39, 0.29) is 11.5 Å². The standard InChI is InChI=1S/C18H20N2O4/c1-3-15(21)19-10-6-7-11-24-17-12(2)20-14-9-5-4-8-13(14)16(17)18(22)23/h3-5,8-9H,1,6-7,10-11H2,2H3,(H,19,21)(H,22,23). The molecule has 2 aromatic rings. The van der Waals surface area contributed by atoms with E-state index in [1.807, 2.05) is 6.07 Å². The summed E-state index contributed by atoms with van der Waals surface area (Å²) in [6, 6.07) is 7.10. The highest BCUT2D eigenvalue weighted by Crippen LogP contribution is 2.29.